The number of carboxylic acids is 1. The first-order valence-electron chi connectivity index (χ1n) is 22.2. The molecular weight excluding hydrogens is 765 g/mol. The number of hydrogen-bond donors (Lipinski definition) is 5. The Kier molecular flexibility index (Phi) is 37.2. The second-order valence-corrected chi connectivity index (χ2v) is 16.6. The van der Waals surface area contributed by atoms with E-state index in [4.69, 9.17) is 24.8 Å². The van der Waals surface area contributed by atoms with Gasteiger partial charge in [0.25, 0.3) is 0 Å². The van der Waals surface area contributed by atoms with Gasteiger partial charge in [0.1, 0.15) is 12.6 Å². The Morgan fingerprint density at radius 2 is 1.09 bits per heavy atom. The monoisotopic (exact) mass is 846 g/mol. The van der Waals surface area contributed by atoms with Crippen molar-refractivity contribution in [2.24, 2.45) is 5.73 Å². The molecule has 0 fully saturated rings. The zero-order chi connectivity index (χ0) is 43.1. The van der Waals surface area contributed by atoms with Gasteiger partial charge in [0.15, 0.2) is 6.10 Å². The van der Waals surface area contributed by atoms with Crippen LogP contribution in [0.15, 0.2) is 36.5 Å². The minimum atomic E-state index is -4.78. The van der Waals surface area contributed by atoms with Gasteiger partial charge in [0, 0.05) is 12.8 Å². The first-order chi connectivity index (χ1) is 27.9. The van der Waals surface area contributed by atoms with E-state index in [0.29, 0.717) is 6.42 Å². The van der Waals surface area contributed by atoms with Gasteiger partial charge in [-0.15, -0.1) is 0 Å². The second-order valence-electron chi connectivity index (χ2n) is 15.1. The summed E-state index contributed by atoms with van der Waals surface area (Å²) in [6.45, 7) is 2.48. The molecular formula is C44H80NO12P. The van der Waals surface area contributed by atoms with Crippen molar-refractivity contribution in [2.75, 3.05) is 19.8 Å². The van der Waals surface area contributed by atoms with Crippen molar-refractivity contribution in [2.45, 2.75) is 205 Å². The van der Waals surface area contributed by atoms with Gasteiger partial charge in [-0.3, -0.25) is 23.4 Å². The number of aliphatic hydroxyl groups excluding tert-OH is 2. The number of allylic oxidation sites excluding steroid dienone is 5. The Morgan fingerprint density at radius 3 is 1.66 bits per heavy atom. The summed E-state index contributed by atoms with van der Waals surface area (Å²) in [5, 5.41) is 29.5. The molecule has 0 aliphatic rings. The molecule has 0 amide bonds. The molecule has 0 bridgehead atoms. The summed E-state index contributed by atoms with van der Waals surface area (Å²) < 4.78 is 32.5. The smallest absolute Gasteiger partial charge is 0.472 e. The molecule has 338 valence electrons. The zero-order valence-corrected chi connectivity index (χ0v) is 36.8. The van der Waals surface area contributed by atoms with E-state index in [1.807, 2.05) is 12.2 Å². The van der Waals surface area contributed by atoms with Crippen molar-refractivity contribution in [3.63, 3.8) is 0 Å². The number of ether oxygens (including phenoxy) is 2. The van der Waals surface area contributed by atoms with E-state index in [2.05, 4.69) is 42.7 Å². The summed E-state index contributed by atoms with van der Waals surface area (Å²) in [7, 11) is -4.78. The number of aliphatic carboxylic acids is 1. The third-order valence-electron chi connectivity index (χ3n) is 9.59. The van der Waals surface area contributed by atoms with Gasteiger partial charge in [-0.25, -0.2) is 4.57 Å². The number of carboxylic acid groups (broad SMARTS) is 1. The highest BCUT2D eigenvalue weighted by molar-refractivity contribution is 7.47. The number of esters is 2. The van der Waals surface area contributed by atoms with E-state index >= 15 is 0 Å². The van der Waals surface area contributed by atoms with Crippen LogP contribution in [0.5, 0.6) is 0 Å². The highest BCUT2D eigenvalue weighted by Crippen LogP contribution is 2.43. The van der Waals surface area contributed by atoms with Crippen molar-refractivity contribution in [3.8, 4) is 0 Å². The number of rotatable bonds is 41. The fraction of sp³-hybridized carbons (Fsp3) is 0.795. The second kappa shape index (κ2) is 38.8. The molecule has 0 aromatic carbocycles. The molecule has 0 saturated carbocycles. The van der Waals surface area contributed by atoms with E-state index in [1.54, 1.807) is 0 Å². The standard InChI is InChI=1S/C44H80NO12P/c1-3-5-7-9-11-13-15-17-18-19-21-23-25-27-29-33-43(49)57-38(36-55-58(52,53)56-37-39(45)44(50)51)35-54-42(48)34-30-32-41(47)40(46)31-28-26-24-22-20-16-14-12-10-8-6-4-2/h12,14,20,22,26,28,38-41,46-47H,3-11,13,15-19,21,23-25,27,29-37,45H2,1-2H3,(H,50,51)(H,52,53)/b14-12-,22-20-,28-26-/t38-,39+,40?,41?/m1/s1. The Morgan fingerprint density at radius 1 is 0.603 bits per heavy atom. The molecule has 0 rings (SSSR count). The van der Waals surface area contributed by atoms with Gasteiger partial charge in [-0.1, -0.05) is 153 Å². The molecule has 0 aromatic heterocycles. The molecule has 0 aliphatic heterocycles. The fourth-order valence-corrected chi connectivity index (χ4v) is 6.71. The van der Waals surface area contributed by atoms with Gasteiger partial charge < -0.3 is 35.4 Å². The van der Waals surface area contributed by atoms with Crippen LogP contribution in [0.3, 0.4) is 0 Å². The lowest BCUT2D eigenvalue weighted by molar-refractivity contribution is -0.161. The number of carbonyl (C=O) groups excluding carboxylic acids is 2. The summed E-state index contributed by atoms with van der Waals surface area (Å²) >= 11 is 0. The molecule has 0 saturated heterocycles. The van der Waals surface area contributed by atoms with Crippen molar-refractivity contribution in [1.82, 2.24) is 0 Å². The largest absolute Gasteiger partial charge is 0.480 e. The number of aliphatic hydroxyl groups is 2. The quantitative estimate of drug-likeness (QED) is 0.0168. The van der Waals surface area contributed by atoms with Crippen LogP contribution in [0, 0.1) is 0 Å². The topological polar surface area (TPSA) is 212 Å². The number of unbranched alkanes of at least 4 members (excludes halogenated alkanes) is 17. The van der Waals surface area contributed by atoms with E-state index in [9.17, 15) is 34.1 Å². The highest BCUT2D eigenvalue weighted by Gasteiger charge is 2.28. The number of nitrogens with two attached hydrogens (primary N) is 1. The molecule has 0 aromatic rings. The minimum absolute atomic E-state index is 0.0905. The normalized spacial score (nSPS) is 15.1. The summed E-state index contributed by atoms with van der Waals surface area (Å²) in [4.78, 5) is 46.0. The lowest BCUT2D eigenvalue weighted by atomic mass is 10.0. The molecule has 5 atom stereocenters. The Balaban J connectivity index is 4.58. The molecule has 58 heavy (non-hydrogen) atoms. The molecule has 0 aliphatic carbocycles. The minimum Gasteiger partial charge on any atom is -0.480 e. The summed E-state index contributed by atoms with van der Waals surface area (Å²) in [5.74, 6) is -2.69. The van der Waals surface area contributed by atoms with Gasteiger partial charge >= 0.3 is 25.7 Å². The van der Waals surface area contributed by atoms with Crippen LogP contribution in [-0.4, -0.2) is 82.3 Å². The predicted molar refractivity (Wildman–Crippen MR) is 229 cm³/mol. The van der Waals surface area contributed by atoms with E-state index in [0.717, 1.165) is 38.5 Å². The van der Waals surface area contributed by atoms with Crippen molar-refractivity contribution in [3.05, 3.63) is 36.5 Å². The first-order valence-corrected chi connectivity index (χ1v) is 23.7. The van der Waals surface area contributed by atoms with Gasteiger partial charge in [-0.05, 0) is 51.4 Å². The summed E-state index contributed by atoms with van der Waals surface area (Å²) in [6.07, 6.45) is 33.8. The SMILES string of the molecule is CCCCC/C=C\C/C=C\C/C=C\CC(O)C(O)CCCC(=O)OC[C@H](COP(=O)(O)OC[C@H](N)C(=O)O)OC(=O)CCCCCCCCCCCCCCCCC. The molecule has 0 heterocycles. The van der Waals surface area contributed by atoms with Crippen LogP contribution < -0.4 is 5.73 Å². The van der Waals surface area contributed by atoms with Gasteiger partial charge in [0.05, 0.1) is 25.4 Å². The number of phosphoric acid groups is 1. The third kappa shape index (κ3) is 36.7. The fourth-order valence-electron chi connectivity index (χ4n) is 5.93. The van der Waals surface area contributed by atoms with Crippen LogP contribution in [0.1, 0.15) is 181 Å². The average molecular weight is 846 g/mol. The lowest BCUT2D eigenvalue weighted by Crippen LogP contribution is -2.34. The highest BCUT2D eigenvalue weighted by atomic mass is 31.2. The number of carbonyl (C=O) groups is 3. The zero-order valence-electron chi connectivity index (χ0n) is 35.9. The maximum atomic E-state index is 12.6. The maximum Gasteiger partial charge on any atom is 0.472 e. The average Bonchev–Trinajstić information content (AvgIpc) is 3.19. The molecule has 3 unspecified atom stereocenters. The van der Waals surface area contributed by atoms with E-state index in [-0.39, 0.29) is 32.1 Å². The van der Waals surface area contributed by atoms with Crippen LogP contribution in [0.2, 0.25) is 0 Å². The van der Waals surface area contributed by atoms with Crippen molar-refractivity contribution >= 4 is 25.7 Å². The number of hydrogen-bond acceptors (Lipinski definition) is 11. The van der Waals surface area contributed by atoms with Crippen molar-refractivity contribution < 1.29 is 57.7 Å². The Hall–Kier alpha value is -2.38. The molecule has 6 N–H and O–H groups in total. The molecule has 14 heteroatoms. The van der Waals surface area contributed by atoms with E-state index in [1.165, 1.54) is 89.9 Å². The Bertz CT molecular complexity index is 1160. The van der Waals surface area contributed by atoms with Gasteiger partial charge in [-0.2, -0.15) is 0 Å². The molecule has 0 radical (unpaired) electrons. The summed E-state index contributed by atoms with van der Waals surface area (Å²) in [6, 6.07) is -1.56. The molecule has 0 spiro atoms. The van der Waals surface area contributed by atoms with Crippen LogP contribution >= 0.6 is 7.82 Å². The van der Waals surface area contributed by atoms with Crippen LogP contribution in [-0.2, 0) is 37.5 Å². The van der Waals surface area contributed by atoms with E-state index < -0.39 is 69.9 Å². The van der Waals surface area contributed by atoms with Crippen LogP contribution in [0.4, 0.5) is 0 Å². The maximum absolute atomic E-state index is 12.6. The van der Waals surface area contributed by atoms with Crippen LogP contribution in [0.25, 0.3) is 0 Å². The lowest BCUT2D eigenvalue weighted by Gasteiger charge is -2.20. The van der Waals surface area contributed by atoms with Crippen molar-refractivity contribution in [1.29, 1.82) is 0 Å². The predicted octanol–water partition coefficient (Wildman–Crippen LogP) is 9.56. The first kappa shape index (κ1) is 55.6. The Labute approximate surface area is 349 Å². The van der Waals surface area contributed by atoms with Gasteiger partial charge in [0.2, 0.25) is 0 Å². The summed E-state index contributed by atoms with van der Waals surface area (Å²) in [5.41, 5.74) is 5.32. The molecule has 13 nitrogen and oxygen atoms in total. The number of phosphoric ester groups is 1. The third-order valence-corrected chi connectivity index (χ3v) is 10.5.